The van der Waals surface area contributed by atoms with Gasteiger partial charge in [-0.25, -0.2) is 0 Å². The maximum Gasteiger partial charge on any atom is 0.279 e. The predicted octanol–water partition coefficient (Wildman–Crippen LogP) is -0.100. The van der Waals surface area contributed by atoms with Gasteiger partial charge in [-0.1, -0.05) is 19.8 Å². The molecule has 5 nitrogen and oxygen atoms in total. The summed E-state index contributed by atoms with van der Waals surface area (Å²) in [6.45, 7) is 2.40. The van der Waals surface area contributed by atoms with Gasteiger partial charge in [-0.05, 0) is 6.42 Å². The Morgan fingerprint density at radius 2 is 2.00 bits per heavy atom. The molecule has 6 heteroatoms. The monoisotopic (exact) mass is 223 g/mol. The molecule has 0 radical (unpaired) electrons. The molecule has 0 rings (SSSR count). The van der Waals surface area contributed by atoms with E-state index in [0.29, 0.717) is 6.54 Å². The van der Waals surface area contributed by atoms with Crippen molar-refractivity contribution in [1.82, 2.24) is 9.03 Å². The molecule has 0 saturated carbocycles. The standard InChI is InChI=1S/C8H21N3O2S/c1-4-5-6-8(7-9)10-14(12,13)11(2)3/h8,10H,4-7,9H2,1-3H3/t8-/m1/s1. The summed E-state index contributed by atoms with van der Waals surface area (Å²) in [6.07, 6.45) is 2.82. The Kier molecular flexibility index (Phi) is 6.26. The van der Waals surface area contributed by atoms with Crippen LogP contribution in [0, 0.1) is 0 Å². The van der Waals surface area contributed by atoms with Crippen molar-refractivity contribution in [3.05, 3.63) is 0 Å². The quantitative estimate of drug-likeness (QED) is 0.633. The van der Waals surface area contributed by atoms with Crippen molar-refractivity contribution >= 4 is 10.2 Å². The second kappa shape index (κ2) is 6.34. The lowest BCUT2D eigenvalue weighted by Gasteiger charge is -2.19. The molecule has 0 spiro atoms. The minimum absolute atomic E-state index is 0.151. The Labute approximate surface area is 86.8 Å². The molecule has 0 aromatic heterocycles. The molecule has 0 aliphatic heterocycles. The summed E-state index contributed by atoms with van der Waals surface area (Å²) in [6, 6.07) is -0.151. The average molecular weight is 223 g/mol. The number of hydrogen-bond acceptors (Lipinski definition) is 3. The van der Waals surface area contributed by atoms with Gasteiger partial charge >= 0.3 is 0 Å². The summed E-state index contributed by atoms with van der Waals surface area (Å²) < 4.78 is 26.5. The molecule has 0 fully saturated rings. The Morgan fingerprint density at radius 3 is 2.36 bits per heavy atom. The van der Waals surface area contributed by atoms with Gasteiger partial charge in [0.2, 0.25) is 0 Å². The summed E-state index contributed by atoms with van der Waals surface area (Å²) >= 11 is 0. The van der Waals surface area contributed by atoms with Crippen molar-refractivity contribution in [3.63, 3.8) is 0 Å². The first-order chi connectivity index (χ1) is 6.44. The van der Waals surface area contributed by atoms with Crippen LogP contribution in [-0.4, -0.2) is 39.4 Å². The van der Waals surface area contributed by atoms with Gasteiger partial charge in [0.05, 0.1) is 0 Å². The second-order valence-electron chi connectivity index (χ2n) is 3.48. The van der Waals surface area contributed by atoms with E-state index in [0.717, 1.165) is 23.6 Å². The van der Waals surface area contributed by atoms with Crippen molar-refractivity contribution in [2.45, 2.75) is 32.2 Å². The molecular formula is C8H21N3O2S. The zero-order valence-electron chi connectivity index (χ0n) is 9.16. The van der Waals surface area contributed by atoms with Gasteiger partial charge in [-0.2, -0.15) is 17.4 Å². The largest absolute Gasteiger partial charge is 0.329 e. The summed E-state index contributed by atoms with van der Waals surface area (Å²) in [5.41, 5.74) is 5.48. The van der Waals surface area contributed by atoms with Crippen LogP contribution in [-0.2, 0) is 10.2 Å². The van der Waals surface area contributed by atoms with Gasteiger partial charge in [-0.3, -0.25) is 0 Å². The average Bonchev–Trinajstić information content (AvgIpc) is 2.11. The summed E-state index contributed by atoms with van der Waals surface area (Å²) in [5.74, 6) is 0. The number of rotatable bonds is 7. The van der Waals surface area contributed by atoms with Crippen LogP contribution >= 0.6 is 0 Å². The number of nitrogens with two attached hydrogens (primary N) is 1. The van der Waals surface area contributed by atoms with E-state index in [1.165, 1.54) is 14.1 Å². The SMILES string of the molecule is CCCC[C@H](CN)NS(=O)(=O)N(C)C. The molecule has 86 valence electrons. The summed E-state index contributed by atoms with van der Waals surface area (Å²) in [7, 11) is -0.345. The predicted molar refractivity (Wildman–Crippen MR) is 58.1 cm³/mol. The molecule has 0 aromatic carbocycles. The lowest BCUT2D eigenvalue weighted by Crippen LogP contribution is -2.45. The molecule has 0 saturated heterocycles. The highest BCUT2D eigenvalue weighted by atomic mass is 32.2. The molecule has 0 heterocycles. The van der Waals surface area contributed by atoms with E-state index in [4.69, 9.17) is 5.73 Å². The van der Waals surface area contributed by atoms with E-state index in [-0.39, 0.29) is 6.04 Å². The Hall–Kier alpha value is -0.170. The van der Waals surface area contributed by atoms with Crippen LogP contribution in [0.2, 0.25) is 0 Å². The zero-order valence-corrected chi connectivity index (χ0v) is 9.97. The fourth-order valence-electron chi connectivity index (χ4n) is 0.991. The van der Waals surface area contributed by atoms with Crippen LogP contribution in [0.4, 0.5) is 0 Å². The number of nitrogens with one attached hydrogen (secondary N) is 1. The topological polar surface area (TPSA) is 75.4 Å². The molecule has 0 aromatic rings. The van der Waals surface area contributed by atoms with E-state index in [9.17, 15) is 8.42 Å². The number of hydrogen-bond donors (Lipinski definition) is 2. The Balaban J connectivity index is 4.17. The van der Waals surface area contributed by atoms with Crippen molar-refractivity contribution in [1.29, 1.82) is 0 Å². The van der Waals surface area contributed by atoms with Crippen LogP contribution in [0.1, 0.15) is 26.2 Å². The second-order valence-corrected chi connectivity index (χ2v) is 5.40. The molecule has 14 heavy (non-hydrogen) atoms. The van der Waals surface area contributed by atoms with E-state index in [2.05, 4.69) is 11.6 Å². The van der Waals surface area contributed by atoms with Gasteiger partial charge in [0.15, 0.2) is 0 Å². The maximum absolute atomic E-state index is 11.4. The summed E-state index contributed by atoms with van der Waals surface area (Å²) in [4.78, 5) is 0. The highest BCUT2D eigenvalue weighted by molar-refractivity contribution is 7.87. The van der Waals surface area contributed by atoms with E-state index in [1.54, 1.807) is 0 Å². The summed E-state index contributed by atoms with van der Waals surface area (Å²) in [5, 5.41) is 0. The molecule has 0 aliphatic carbocycles. The minimum atomic E-state index is -3.34. The van der Waals surface area contributed by atoms with E-state index in [1.807, 2.05) is 0 Å². The lowest BCUT2D eigenvalue weighted by molar-refractivity contribution is 0.471. The van der Waals surface area contributed by atoms with Gasteiger partial charge in [0.25, 0.3) is 10.2 Å². The van der Waals surface area contributed by atoms with Crippen molar-refractivity contribution in [2.75, 3.05) is 20.6 Å². The van der Waals surface area contributed by atoms with Crippen molar-refractivity contribution < 1.29 is 8.42 Å². The molecular weight excluding hydrogens is 202 g/mol. The molecule has 0 unspecified atom stereocenters. The van der Waals surface area contributed by atoms with Crippen LogP contribution in [0.25, 0.3) is 0 Å². The highest BCUT2D eigenvalue weighted by Crippen LogP contribution is 2.01. The van der Waals surface area contributed by atoms with Crippen LogP contribution in [0.3, 0.4) is 0 Å². The third-order valence-electron chi connectivity index (χ3n) is 1.99. The first-order valence-electron chi connectivity index (χ1n) is 4.83. The van der Waals surface area contributed by atoms with Crippen LogP contribution in [0.5, 0.6) is 0 Å². The number of unbranched alkanes of at least 4 members (excludes halogenated alkanes) is 1. The first-order valence-corrected chi connectivity index (χ1v) is 6.28. The fourth-order valence-corrected chi connectivity index (χ4v) is 1.84. The molecule has 1 atom stereocenters. The smallest absolute Gasteiger partial charge is 0.279 e. The lowest BCUT2D eigenvalue weighted by atomic mass is 10.1. The third kappa shape index (κ3) is 4.90. The number of nitrogens with zero attached hydrogens (tertiary/aromatic N) is 1. The Morgan fingerprint density at radius 1 is 1.43 bits per heavy atom. The zero-order chi connectivity index (χ0) is 11.2. The fraction of sp³-hybridized carbons (Fsp3) is 1.00. The molecule has 3 N–H and O–H groups in total. The van der Waals surface area contributed by atoms with Gasteiger partial charge in [-0.15, -0.1) is 0 Å². The highest BCUT2D eigenvalue weighted by Gasteiger charge is 2.17. The van der Waals surface area contributed by atoms with Gasteiger partial charge in [0, 0.05) is 26.7 Å². The van der Waals surface area contributed by atoms with E-state index >= 15 is 0 Å². The molecule has 0 amide bonds. The van der Waals surface area contributed by atoms with Crippen molar-refractivity contribution in [2.24, 2.45) is 5.73 Å². The molecule has 0 bridgehead atoms. The van der Waals surface area contributed by atoms with Gasteiger partial charge < -0.3 is 5.73 Å². The first kappa shape index (κ1) is 13.8. The van der Waals surface area contributed by atoms with Crippen molar-refractivity contribution in [3.8, 4) is 0 Å². The Bertz CT molecular complexity index is 239. The van der Waals surface area contributed by atoms with Crippen LogP contribution in [0.15, 0.2) is 0 Å². The normalized spacial score (nSPS) is 14.6. The molecule has 0 aliphatic rings. The maximum atomic E-state index is 11.4. The third-order valence-corrected chi connectivity index (χ3v) is 3.58. The minimum Gasteiger partial charge on any atom is -0.329 e. The van der Waals surface area contributed by atoms with Gasteiger partial charge in [0.1, 0.15) is 0 Å². The van der Waals surface area contributed by atoms with E-state index < -0.39 is 10.2 Å². The van der Waals surface area contributed by atoms with Crippen LogP contribution < -0.4 is 10.5 Å².